The molecule has 0 fully saturated rings. The Hall–Kier alpha value is -3.48. The van der Waals surface area contributed by atoms with E-state index in [2.05, 4.69) is 15.0 Å². The van der Waals surface area contributed by atoms with Crippen LogP contribution in [0.2, 0.25) is 0 Å². The summed E-state index contributed by atoms with van der Waals surface area (Å²) in [7, 11) is 0. The summed E-state index contributed by atoms with van der Waals surface area (Å²) in [6.07, 6.45) is 2.44. The first-order valence-electron chi connectivity index (χ1n) is 9.50. The zero-order valence-corrected chi connectivity index (χ0v) is 16.3. The van der Waals surface area contributed by atoms with Gasteiger partial charge in [-0.2, -0.15) is 8.78 Å². The van der Waals surface area contributed by atoms with Gasteiger partial charge in [0.05, 0.1) is 0 Å². The lowest BCUT2D eigenvalue weighted by molar-refractivity contribution is -0.121. The van der Waals surface area contributed by atoms with E-state index in [1.54, 1.807) is 24.4 Å². The summed E-state index contributed by atoms with van der Waals surface area (Å²) < 4.78 is 34.3. The lowest BCUT2D eigenvalue weighted by atomic mass is 10.1. The largest absolute Gasteiger partial charge is 0.473 e. The second-order valence-electron chi connectivity index (χ2n) is 6.58. The van der Waals surface area contributed by atoms with Gasteiger partial charge in [0.2, 0.25) is 11.8 Å². The molecule has 0 saturated carbocycles. The molecule has 0 aliphatic carbocycles. The molecule has 7 heteroatoms. The molecule has 3 aromatic rings. The standard InChI is InChI=1S/C23H22F2N2O3/c24-23(25)30-20-9-6-17(7-10-20)8-11-21(28)27-15-19-12-13-26-22(14-19)29-16-18-4-2-1-3-5-18/h1-7,9-10,12-14,23H,8,11,15-16H2,(H,27,28). The number of carbonyl (C=O) groups is 1. The average Bonchev–Trinajstić information content (AvgIpc) is 2.76. The number of rotatable bonds is 10. The van der Waals surface area contributed by atoms with Crippen LogP contribution in [0.4, 0.5) is 8.78 Å². The van der Waals surface area contributed by atoms with E-state index in [0.29, 0.717) is 25.5 Å². The van der Waals surface area contributed by atoms with Gasteiger partial charge in [-0.05, 0) is 41.3 Å². The predicted molar refractivity (Wildman–Crippen MR) is 108 cm³/mol. The fraction of sp³-hybridized carbons (Fsp3) is 0.217. The third kappa shape index (κ3) is 7.16. The number of nitrogens with one attached hydrogen (secondary N) is 1. The number of carbonyl (C=O) groups excluding carboxylic acids is 1. The Balaban J connectivity index is 1.42. The molecule has 1 aromatic heterocycles. The van der Waals surface area contributed by atoms with Crippen LogP contribution >= 0.6 is 0 Å². The first kappa shape index (κ1) is 21.2. The van der Waals surface area contributed by atoms with Crippen LogP contribution in [-0.4, -0.2) is 17.5 Å². The Kier molecular flexibility index (Phi) is 7.71. The molecule has 1 heterocycles. The lowest BCUT2D eigenvalue weighted by Crippen LogP contribution is -2.23. The molecule has 0 radical (unpaired) electrons. The van der Waals surface area contributed by atoms with Crippen molar-refractivity contribution < 1.29 is 23.0 Å². The number of nitrogens with zero attached hydrogens (tertiary/aromatic N) is 1. The molecule has 30 heavy (non-hydrogen) atoms. The summed E-state index contributed by atoms with van der Waals surface area (Å²) in [6.45, 7) is -2.06. The molecule has 0 unspecified atom stereocenters. The number of benzene rings is 2. The fourth-order valence-electron chi connectivity index (χ4n) is 2.76. The Bertz CT molecular complexity index is 935. The SMILES string of the molecule is O=C(CCc1ccc(OC(F)F)cc1)NCc1ccnc(OCc2ccccc2)c1. The smallest absolute Gasteiger partial charge is 0.387 e. The Morgan fingerprint density at radius 2 is 1.73 bits per heavy atom. The van der Waals surface area contributed by atoms with Crippen LogP contribution < -0.4 is 14.8 Å². The lowest BCUT2D eigenvalue weighted by Gasteiger charge is -2.09. The van der Waals surface area contributed by atoms with Crippen LogP contribution in [0.25, 0.3) is 0 Å². The average molecular weight is 412 g/mol. The fourth-order valence-corrected chi connectivity index (χ4v) is 2.76. The first-order valence-corrected chi connectivity index (χ1v) is 9.50. The summed E-state index contributed by atoms with van der Waals surface area (Å²) >= 11 is 0. The first-order chi connectivity index (χ1) is 14.6. The molecule has 0 atom stereocenters. The zero-order valence-electron chi connectivity index (χ0n) is 16.3. The van der Waals surface area contributed by atoms with Crippen molar-refractivity contribution in [2.45, 2.75) is 32.6 Å². The van der Waals surface area contributed by atoms with Crippen molar-refractivity contribution >= 4 is 5.91 Å². The highest BCUT2D eigenvalue weighted by Crippen LogP contribution is 2.16. The Morgan fingerprint density at radius 1 is 0.967 bits per heavy atom. The van der Waals surface area contributed by atoms with E-state index in [1.165, 1.54) is 12.1 Å². The molecule has 0 spiro atoms. The van der Waals surface area contributed by atoms with Gasteiger partial charge in [0.1, 0.15) is 12.4 Å². The van der Waals surface area contributed by atoms with Crippen molar-refractivity contribution in [1.29, 1.82) is 0 Å². The van der Waals surface area contributed by atoms with Crippen molar-refractivity contribution in [3.8, 4) is 11.6 Å². The number of ether oxygens (including phenoxy) is 2. The normalized spacial score (nSPS) is 10.6. The molecule has 1 amide bonds. The van der Waals surface area contributed by atoms with Crippen molar-refractivity contribution in [2.24, 2.45) is 0 Å². The van der Waals surface area contributed by atoms with Gasteiger partial charge in [0.25, 0.3) is 0 Å². The maximum absolute atomic E-state index is 12.2. The molecule has 0 aliphatic heterocycles. The topological polar surface area (TPSA) is 60.5 Å². The number of hydrogen-bond acceptors (Lipinski definition) is 4. The van der Waals surface area contributed by atoms with E-state index in [-0.39, 0.29) is 18.1 Å². The number of amides is 1. The van der Waals surface area contributed by atoms with Gasteiger partial charge in [0, 0.05) is 25.2 Å². The van der Waals surface area contributed by atoms with Gasteiger partial charge in [-0.3, -0.25) is 4.79 Å². The van der Waals surface area contributed by atoms with Crippen molar-refractivity contribution in [2.75, 3.05) is 0 Å². The molecule has 3 rings (SSSR count). The summed E-state index contributed by atoms with van der Waals surface area (Å²) in [5.41, 5.74) is 2.80. The van der Waals surface area contributed by atoms with E-state index >= 15 is 0 Å². The number of pyridine rings is 1. The maximum atomic E-state index is 12.2. The third-order valence-corrected chi connectivity index (χ3v) is 4.31. The van der Waals surface area contributed by atoms with Crippen molar-refractivity contribution in [1.82, 2.24) is 10.3 Å². The monoisotopic (exact) mass is 412 g/mol. The Labute approximate surface area is 173 Å². The Morgan fingerprint density at radius 3 is 2.47 bits per heavy atom. The molecular weight excluding hydrogens is 390 g/mol. The molecule has 2 aromatic carbocycles. The molecular formula is C23H22F2N2O3. The minimum absolute atomic E-state index is 0.0983. The number of halogens is 2. The molecule has 5 nitrogen and oxygen atoms in total. The van der Waals surface area contributed by atoms with Crippen LogP contribution in [0.5, 0.6) is 11.6 Å². The van der Waals surface area contributed by atoms with Gasteiger partial charge in [0.15, 0.2) is 0 Å². The number of hydrogen-bond donors (Lipinski definition) is 1. The zero-order chi connectivity index (χ0) is 21.2. The number of alkyl halides is 2. The molecule has 0 saturated heterocycles. The van der Waals surface area contributed by atoms with Crippen LogP contribution in [0, 0.1) is 0 Å². The van der Waals surface area contributed by atoms with E-state index in [1.807, 2.05) is 36.4 Å². The number of aryl methyl sites for hydroxylation is 1. The van der Waals surface area contributed by atoms with Gasteiger partial charge >= 0.3 is 6.61 Å². The summed E-state index contributed by atoms with van der Waals surface area (Å²) in [4.78, 5) is 16.3. The third-order valence-electron chi connectivity index (χ3n) is 4.31. The second kappa shape index (κ2) is 10.9. The van der Waals surface area contributed by atoms with E-state index in [9.17, 15) is 13.6 Å². The molecule has 0 aliphatic rings. The summed E-state index contributed by atoms with van der Waals surface area (Å²) in [5, 5.41) is 2.86. The van der Waals surface area contributed by atoms with E-state index in [0.717, 1.165) is 16.7 Å². The maximum Gasteiger partial charge on any atom is 0.387 e. The molecule has 1 N–H and O–H groups in total. The van der Waals surface area contributed by atoms with Gasteiger partial charge in [-0.25, -0.2) is 4.98 Å². The summed E-state index contributed by atoms with van der Waals surface area (Å²) in [6, 6.07) is 19.7. The molecule has 0 bridgehead atoms. The van der Waals surface area contributed by atoms with Crippen molar-refractivity contribution in [3.63, 3.8) is 0 Å². The van der Waals surface area contributed by atoms with Crippen LogP contribution in [0.1, 0.15) is 23.1 Å². The van der Waals surface area contributed by atoms with Gasteiger partial charge < -0.3 is 14.8 Å². The van der Waals surface area contributed by atoms with Gasteiger partial charge in [-0.15, -0.1) is 0 Å². The van der Waals surface area contributed by atoms with Crippen LogP contribution in [-0.2, 0) is 24.4 Å². The van der Waals surface area contributed by atoms with Crippen LogP contribution in [0.15, 0.2) is 72.9 Å². The number of aromatic nitrogens is 1. The highest BCUT2D eigenvalue weighted by molar-refractivity contribution is 5.76. The van der Waals surface area contributed by atoms with Gasteiger partial charge in [-0.1, -0.05) is 42.5 Å². The van der Waals surface area contributed by atoms with E-state index < -0.39 is 6.61 Å². The summed E-state index contributed by atoms with van der Waals surface area (Å²) in [5.74, 6) is 0.490. The van der Waals surface area contributed by atoms with E-state index in [4.69, 9.17) is 4.74 Å². The highest BCUT2D eigenvalue weighted by Gasteiger charge is 2.06. The molecule has 156 valence electrons. The predicted octanol–water partition coefficient (Wildman–Crippen LogP) is 4.51. The van der Waals surface area contributed by atoms with Crippen LogP contribution in [0.3, 0.4) is 0 Å². The minimum atomic E-state index is -2.85. The highest BCUT2D eigenvalue weighted by atomic mass is 19.3. The minimum Gasteiger partial charge on any atom is -0.473 e. The second-order valence-corrected chi connectivity index (χ2v) is 6.58. The quantitative estimate of drug-likeness (QED) is 0.532. The van der Waals surface area contributed by atoms with Crippen molar-refractivity contribution in [3.05, 3.63) is 89.6 Å².